The highest BCUT2D eigenvalue weighted by Crippen LogP contribution is 2.19. The Morgan fingerprint density at radius 1 is 1.53 bits per heavy atom. The van der Waals surface area contributed by atoms with Gasteiger partial charge in [-0.3, -0.25) is 0 Å². The summed E-state index contributed by atoms with van der Waals surface area (Å²) in [5, 5.41) is 22.3. The highest BCUT2D eigenvalue weighted by atomic mass is 35.5. The first kappa shape index (κ1) is 12.9. The minimum absolute atomic E-state index is 0.0981. The largest absolute Gasteiger partial charge is 0.394 e. The van der Waals surface area contributed by atoms with Crippen molar-refractivity contribution in [1.82, 2.24) is 10.3 Å². The van der Waals surface area contributed by atoms with Crippen LogP contribution in [0.4, 0.5) is 0 Å². The molecule has 0 aromatic carbocycles. The van der Waals surface area contributed by atoms with E-state index in [0.717, 1.165) is 5.01 Å². The van der Waals surface area contributed by atoms with Gasteiger partial charge in [-0.15, -0.1) is 11.3 Å². The molecule has 1 heterocycles. The lowest BCUT2D eigenvalue weighted by atomic mass is 9.99. The van der Waals surface area contributed by atoms with Crippen molar-refractivity contribution in [2.24, 2.45) is 0 Å². The van der Waals surface area contributed by atoms with Gasteiger partial charge in [0.15, 0.2) is 0 Å². The van der Waals surface area contributed by atoms with Crippen molar-refractivity contribution >= 4 is 22.9 Å². The van der Waals surface area contributed by atoms with E-state index in [2.05, 4.69) is 10.3 Å². The fraction of sp³-hybridized carbons (Fsp3) is 0.667. The number of aliphatic hydroxyl groups excluding tert-OH is 2. The Morgan fingerprint density at radius 2 is 2.20 bits per heavy atom. The minimum Gasteiger partial charge on any atom is -0.394 e. The molecule has 86 valence electrons. The summed E-state index contributed by atoms with van der Waals surface area (Å²) >= 11 is 7.13. The molecule has 6 heteroatoms. The van der Waals surface area contributed by atoms with Crippen LogP contribution in [0, 0.1) is 0 Å². The lowest BCUT2D eigenvalue weighted by molar-refractivity contribution is 0.0864. The summed E-state index contributed by atoms with van der Waals surface area (Å²) in [7, 11) is 0. The molecule has 0 aliphatic carbocycles. The second-order valence-corrected chi connectivity index (χ2v) is 5.11. The molecule has 0 aliphatic heterocycles. The summed E-state index contributed by atoms with van der Waals surface area (Å²) < 4.78 is 0.641. The first-order valence-corrected chi connectivity index (χ1v) is 5.92. The van der Waals surface area contributed by atoms with Crippen LogP contribution in [0.25, 0.3) is 0 Å². The molecule has 0 amide bonds. The SMILES string of the molecule is CCC(CO)(CO)NCc1ncc(Cl)s1. The smallest absolute Gasteiger partial charge is 0.113 e. The van der Waals surface area contributed by atoms with Crippen LogP contribution < -0.4 is 5.32 Å². The van der Waals surface area contributed by atoms with Gasteiger partial charge in [0, 0.05) is 6.54 Å². The van der Waals surface area contributed by atoms with Crippen molar-refractivity contribution in [3.05, 3.63) is 15.5 Å². The average molecular weight is 251 g/mol. The van der Waals surface area contributed by atoms with Crippen molar-refractivity contribution in [3.8, 4) is 0 Å². The quantitative estimate of drug-likeness (QED) is 0.705. The van der Waals surface area contributed by atoms with Crippen molar-refractivity contribution < 1.29 is 10.2 Å². The Labute approximate surface area is 97.9 Å². The van der Waals surface area contributed by atoms with Crippen LogP contribution in [-0.2, 0) is 6.54 Å². The summed E-state index contributed by atoms with van der Waals surface area (Å²) in [5.41, 5.74) is -0.627. The van der Waals surface area contributed by atoms with E-state index in [-0.39, 0.29) is 13.2 Å². The zero-order valence-electron chi connectivity index (χ0n) is 8.53. The maximum atomic E-state index is 9.19. The third-order valence-electron chi connectivity index (χ3n) is 2.42. The number of hydrogen-bond donors (Lipinski definition) is 3. The molecule has 0 unspecified atom stereocenters. The number of hydrogen-bond acceptors (Lipinski definition) is 5. The van der Waals surface area contributed by atoms with Gasteiger partial charge < -0.3 is 15.5 Å². The molecule has 0 spiro atoms. The van der Waals surface area contributed by atoms with Crippen molar-refractivity contribution in [3.63, 3.8) is 0 Å². The van der Waals surface area contributed by atoms with Crippen LogP contribution in [0.15, 0.2) is 6.20 Å². The first-order valence-electron chi connectivity index (χ1n) is 4.73. The topological polar surface area (TPSA) is 65.4 Å². The summed E-state index contributed by atoms with van der Waals surface area (Å²) in [6, 6.07) is 0. The predicted octanol–water partition coefficient (Wildman–Crippen LogP) is 1.02. The zero-order valence-corrected chi connectivity index (χ0v) is 10.1. The van der Waals surface area contributed by atoms with Gasteiger partial charge in [-0.1, -0.05) is 18.5 Å². The standard InChI is InChI=1S/C9H15ClN2O2S/c1-2-9(5-13,6-14)12-4-8-11-3-7(10)15-8/h3,12-14H,2,4-6H2,1H3. The summed E-state index contributed by atoms with van der Waals surface area (Å²) in [6.07, 6.45) is 2.24. The number of thiazole rings is 1. The van der Waals surface area contributed by atoms with E-state index < -0.39 is 5.54 Å². The molecule has 15 heavy (non-hydrogen) atoms. The van der Waals surface area contributed by atoms with E-state index in [9.17, 15) is 10.2 Å². The van der Waals surface area contributed by atoms with Crippen LogP contribution in [0.3, 0.4) is 0 Å². The molecule has 0 atom stereocenters. The van der Waals surface area contributed by atoms with Gasteiger partial charge in [-0.2, -0.15) is 0 Å². The van der Waals surface area contributed by atoms with Crippen LogP contribution >= 0.6 is 22.9 Å². The Hall–Kier alpha value is -0.200. The third kappa shape index (κ3) is 3.39. The molecule has 3 N–H and O–H groups in total. The van der Waals surface area contributed by atoms with Gasteiger partial charge in [0.05, 0.1) is 24.9 Å². The molecule has 0 aliphatic rings. The first-order chi connectivity index (χ1) is 7.15. The summed E-state index contributed by atoms with van der Waals surface area (Å²) in [6.45, 7) is 2.22. The Bertz CT molecular complexity index is 294. The molecule has 1 aromatic rings. The van der Waals surface area contributed by atoms with Crippen molar-refractivity contribution in [2.75, 3.05) is 13.2 Å². The number of rotatable bonds is 6. The monoisotopic (exact) mass is 250 g/mol. The Morgan fingerprint density at radius 3 is 2.60 bits per heavy atom. The van der Waals surface area contributed by atoms with Crippen molar-refractivity contribution in [2.45, 2.75) is 25.4 Å². The van der Waals surface area contributed by atoms with Gasteiger partial charge in [0.25, 0.3) is 0 Å². The van der Waals surface area contributed by atoms with E-state index in [4.69, 9.17) is 11.6 Å². The second kappa shape index (κ2) is 5.77. The van der Waals surface area contributed by atoms with Crippen LogP contribution in [0.1, 0.15) is 18.4 Å². The lowest BCUT2D eigenvalue weighted by Crippen LogP contribution is -2.50. The van der Waals surface area contributed by atoms with Gasteiger partial charge in [-0.05, 0) is 6.42 Å². The molecule has 0 saturated carbocycles. The molecule has 0 radical (unpaired) electrons. The molecular formula is C9H15ClN2O2S. The number of aliphatic hydroxyl groups is 2. The molecule has 1 aromatic heterocycles. The van der Waals surface area contributed by atoms with Gasteiger partial charge in [0.1, 0.15) is 9.34 Å². The fourth-order valence-electron chi connectivity index (χ4n) is 1.14. The highest BCUT2D eigenvalue weighted by molar-refractivity contribution is 7.15. The Balaban J connectivity index is 2.54. The van der Waals surface area contributed by atoms with Gasteiger partial charge in [-0.25, -0.2) is 4.98 Å². The normalized spacial score (nSPS) is 12.0. The second-order valence-electron chi connectivity index (χ2n) is 3.36. The number of halogens is 1. The van der Waals surface area contributed by atoms with Gasteiger partial charge >= 0.3 is 0 Å². The van der Waals surface area contributed by atoms with Gasteiger partial charge in [0.2, 0.25) is 0 Å². The van der Waals surface area contributed by atoms with E-state index in [0.29, 0.717) is 17.3 Å². The molecule has 0 bridgehead atoms. The number of nitrogens with one attached hydrogen (secondary N) is 1. The predicted molar refractivity (Wildman–Crippen MR) is 61.2 cm³/mol. The maximum Gasteiger partial charge on any atom is 0.113 e. The van der Waals surface area contributed by atoms with Crippen LogP contribution in [0.5, 0.6) is 0 Å². The Kier molecular flexibility index (Phi) is 4.95. The third-order valence-corrected chi connectivity index (χ3v) is 3.54. The fourth-order valence-corrected chi connectivity index (χ4v) is 2.04. The maximum absolute atomic E-state index is 9.19. The molecule has 0 fully saturated rings. The lowest BCUT2D eigenvalue weighted by Gasteiger charge is -2.29. The molecule has 4 nitrogen and oxygen atoms in total. The number of aromatic nitrogens is 1. The van der Waals surface area contributed by atoms with Crippen LogP contribution in [0.2, 0.25) is 4.34 Å². The van der Waals surface area contributed by atoms with Crippen molar-refractivity contribution in [1.29, 1.82) is 0 Å². The number of nitrogens with zero attached hydrogens (tertiary/aromatic N) is 1. The molecule has 1 rings (SSSR count). The van der Waals surface area contributed by atoms with E-state index in [1.807, 2.05) is 6.92 Å². The van der Waals surface area contributed by atoms with Crippen LogP contribution in [-0.4, -0.2) is 33.9 Å². The van der Waals surface area contributed by atoms with E-state index >= 15 is 0 Å². The van der Waals surface area contributed by atoms with E-state index in [1.165, 1.54) is 11.3 Å². The summed E-state index contributed by atoms with van der Waals surface area (Å²) in [5.74, 6) is 0. The average Bonchev–Trinajstić information content (AvgIpc) is 2.67. The molecule has 0 saturated heterocycles. The molecular weight excluding hydrogens is 236 g/mol. The zero-order chi connectivity index (χ0) is 11.3. The van der Waals surface area contributed by atoms with E-state index in [1.54, 1.807) is 6.20 Å². The minimum atomic E-state index is -0.627. The summed E-state index contributed by atoms with van der Waals surface area (Å²) in [4.78, 5) is 4.08. The highest BCUT2D eigenvalue weighted by Gasteiger charge is 2.25.